The second-order valence-corrected chi connectivity index (χ2v) is 8.02. The van der Waals surface area contributed by atoms with E-state index in [2.05, 4.69) is 31.2 Å². The minimum atomic E-state index is -0.576. The molecule has 0 radical (unpaired) electrons. The molecule has 1 atom stereocenters. The van der Waals surface area contributed by atoms with E-state index < -0.39 is 6.10 Å². The zero-order valence-corrected chi connectivity index (χ0v) is 15.8. The SMILES string of the molecule is OC(c1ncccc1Oc1ccc2c(nnn2CC2CC2)c1Br)C1CC1. The Morgan fingerprint density at radius 1 is 1.19 bits per heavy atom. The Labute approximate surface area is 159 Å². The molecule has 0 amide bonds. The average molecular weight is 415 g/mol. The molecule has 2 saturated carbocycles. The van der Waals surface area contributed by atoms with Gasteiger partial charge in [-0.3, -0.25) is 4.98 Å². The lowest BCUT2D eigenvalue weighted by atomic mass is 10.1. The number of aliphatic hydroxyl groups is 1. The molecule has 26 heavy (non-hydrogen) atoms. The molecule has 2 aliphatic rings. The molecule has 2 aliphatic carbocycles. The molecule has 0 saturated heterocycles. The number of fused-ring (bicyclic) bond motifs is 1. The Balaban J connectivity index is 1.47. The first-order chi connectivity index (χ1) is 12.7. The molecule has 7 heteroatoms. The molecule has 0 aliphatic heterocycles. The van der Waals surface area contributed by atoms with Crippen molar-refractivity contribution in [2.24, 2.45) is 11.8 Å². The van der Waals surface area contributed by atoms with Crippen LogP contribution in [0.2, 0.25) is 0 Å². The highest BCUT2D eigenvalue weighted by Gasteiger charge is 2.33. The summed E-state index contributed by atoms with van der Waals surface area (Å²) in [5, 5.41) is 19.1. The van der Waals surface area contributed by atoms with Gasteiger partial charge in [-0.05, 0) is 77.7 Å². The van der Waals surface area contributed by atoms with Crippen molar-refractivity contribution in [3.05, 3.63) is 40.6 Å². The number of halogens is 1. The van der Waals surface area contributed by atoms with Crippen LogP contribution >= 0.6 is 15.9 Å². The van der Waals surface area contributed by atoms with Gasteiger partial charge in [-0.25, -0.2) is 4.68 Å². The highest BCUT2D eigenvalue weighted by atomic mass is 79.9. The van der Waals surface area contributed by atoms with Crippen molar-refractivity contribution in [1.29, 1.82) is 0 Å². The van der Waals surface area contributed by atoms with E-state index in [1.54, 1.807) is 6.20 Å². The number of aliphatic hydroxyl groups excluding tert-OH is 1. The molecule has 0 bridgehead atoms. The van der Waals surface area contributed by atoms with Crippen molar-refractivity contribution in [2.45, 2.75) is 38.3 Å². The van der Waals surface area contributed by atoms with Gasteiger partial charge in [-0.1, -0.05) is 5.21 Å². The monoisotopic (exact) mass is 414 g/mol. The number of pyridine rings is 1. The first-order valence-electron chi connectivity index (χ1n) is 9.03. The van der Waals surface area contributed by atoms with Gasteiger partial charge in [0.2, 0.25) is 0 Å². The third kappa shape index (κ3) is 2.99. The van der Waals surface area contributed by atoms with Crippen LogP contribution in [0.3, 0.4) is 0 Å². The Hall–Kier alpha value is -1.99. The number of benzene rings is 1. The Morgan fingerprint density at radius 3 is 2.81 bits per heavy atom. The number of ether oxygens (including phenoxy) is 1. The molecule has 2 heterocycles. The molecule has 0 spiro atoms. The van der Waals surface area contributed by atoms with Gasteiger partial charge in [-0.2, -0.15) is 0 Å². The molecule has 2 aromatic heterocycles. The van der Waals surface area contributed by atoms with Gasteiger partial charge in [0.25, 0.3) is 0 Å². The maximum absolute atomic E-state index is 10.5. The first kappa shape index (κ1) is 16.2. The van der Waals surface area contributed by atoms with Crippen LogP contribution in [0.4, 0.5) is 0 Å². The molecule has 2 fully saturated rings. The lowest BCUT2D eigenvalue weighted by Gasteiger charge is -2.15. The van der Waals surface area contributed by atoms with Gasteiger partial charge < -0.3 is 9.84 Å². The van der Waals surface area contributed by atoms with E-state index in [4.69, 9.17) is 4.74 Å². The molecule has 5 rings (SSSR count). The third-order valence-electron chi connectivity index (χ3n) is 5.09. The van der Waals surface area contributed by atoms with E-state index >= 15 is 0 Å². The standard InChI is InChI=1S/C19H19BrN4O2/c20-16-14(8-7-13-17(16)22-23-24(13)10-11-3-4-11)26-15-2-1-9-21-18(15)19(25)12-5-6-12/h1-2,7-9,11-12,19,25H,3-6,10H2. The minimum Gasteiger partial charge on any atom is -0.454 e. The van der Waals surface area contributed by atoms with E-state index in [9.17, 15) is 5.11 Å². The quantitative estimate of drug-likeness (QED) is 0.652. The zero-order chi connectivity index (χ0) is 17.7. The van der Waals surface area contributed by atoms with Crippen LogP contribution < -0.4 is 4.74 Å². The summed E-state index contributed by atoms with van der Waals surface area (Å²) < 4.78 is 8.84. The van der Waals surface area contributed by atoms with E-state index in [1.807, 2.05) is 28.9 Å². The normalized spacial score (nSPS) is 18.2. The number of hydrogen-bond donors (Lipinski definition) is 1. The van der Waals surface area contributed by atoms with Crippen LogP contribution in [0.5, 0.6) is 11.5 Å². The predicted molar refractivity (Wildman–Crippen MR) is 99.9 cm³/mol. The fraction of sp³-hybridized carbons (Fsp3) is 0.421. The fourth-order valence-electron chi connectivity index (χ4n) is 3.21. The van der Waals surface area contributed by atoms with Crippen molar-refractivity contribution in [3.63, 3.8) is 0 Å². The van der Waals surface area contributed by atoms with Crippen LogP contribution in [0, 0.1) is 11.8 Å². The molecule has 6 nitrogen and oxygen atoms in total. The average Bonchev–Trinajstić information content (AvgIpc) is 3.56. The summed E-state index contributed by atoms with van der Waals surface area (Å²) in [6.07, 6.45) is 5.74. The number of aromatic nitrogens is 4. The summed E-state index contributed by atoms with van der Waals surface area (Å²) in [5.41, 5.74) is 2.39. The topological polar surface area (TPSA) is 73.1 Å². The number of hydrogen-bond acceptors (Lipinski definition) is 5. The van der Waals surface area contributed by atoms with Crippen molar-refractivity contribution in [2.75, 3.05) is 0 Å². The smallest absolute Gasteiger partial charge is 0.151 e. The number of rotatable bonds is 6. The van der Waals surface area contributed by atoms with Crippen LogP contribution in [0.1, 0.15) is 37.5 Å². The van der Waals surface area contributed by atoms with E-state index in [0.29, 0.717) is 23.1 Å². The second-order valence-electron chi connectivity index (χ2n) is 7.23. The van der Waals surface area contributed by atoms with Crippen molar-refractivity contribution in [1.82, 2.24) is 20.0 Å². The summed E-state index contributed by atoms with van der Waals surface area (Å²) in [6, 6.07) is 7.57. The van der Waals surface area contributed by atoms with Crippen LogP contribution in [-0.4, -0.2) is 25.1 Å². The highest BCUT2D eigenvalue weighted by molar-refractivity contribution is 9.10. The molecular formula is C19H19BrN4O2. The van der Waals surface area contributed by atoms with Gasteiger partial charge >= 0.3 is 0 Å². The lowest BCUT2D eigenvalue weighted by Crippen LogP contribution is -2.05. The summed E-state index contributed by atoms with van der Waals surface area (Å²) in [6.45, 7) is 0.920. The fourth-order valence-corrected chi connectivity index (χ4v) is 3.71. The van der Waals surface area contributed by atoms with Gasteiger partial charge in [0.05, 0.1) is 9.99 Å². The Bertz CT molecular complexity index is 965. The summed E-state index contributed by atoms with van der Waals surface area (Å²) in [7, 11) is 0. The van der Waals surface area contributed by atoms with Crippen molar-refractivity contribution < 1.29 is 9.84 Å². The molecule has 1 unspecified atom stereocenters. The molecule has 134 valence electrons. The van der Waals surface area contributed by atoms with Gasteiger partial charge in [0, 0.05) is 12.7 Å². The third-order valence-corrected chi connectivity index (χ3v) is 5.85. The largest absolute Gasteiger partial charge is 0.454 e. The first-order valence-corrected chi connectivity index (χ1v) is 9.82. The lowest BCUT2D eigenvalue weighted by molar-refractivity contribution is 0.146. The van der Waals surface area contributed by atoms with Crippen LogP contribution in [0.25, 0.3) is 11.0 Å². The minimum absolute atomic E-state index is 0.292. The summed E-state index contributed by atoms with van der Waals surface area (Å²) in [4.78, 5) is 4.35. The molecule has 1 aromatic carbocycles. The highest BCUT2D eigenvalue weighted by Crippen LogP contribution is 2.44. The Kier molecular flexibility index (Phi) is 3.94. The summed E-state index contributed by atoms with van der Waals surface area (Å²) >= 11 is 3.61. The van der Waals surface area contributed by atoms with Gasteiger partial charge in [0.1, 0.15) is 23.1 Å². The Morgan fingerprint density at radius 2 is 2.04 bits per heavy atom. The van der Waals surface area contributed by atoms with Crippen molar-refractivity contribution >= 4 is 27.0 Å². The van der Waals surface area contributed by atoms with Crippen LogP contribution in [-0.2, 0) is 6.54 Å². The van der Waals surface area contributed by atoms with E-state index in [-0.39, 0.29) is 0 Å². The second kappa shape index (κ2) is 6.32. The number of nitrogens with zero attached hydrogens (tertiary/aromatic N) is 4. The molecule has 3 aromatic rings. The zero-order valence-electron chi connectivity index (χ0n) is 14.2. The maximum Gasteiger partial charge on any atom is 0.151 e. The maximum atomic E-state index is 10.5. The van der Waals surface area contributed by atoms with Gasteiger partial charge in [0.15, 0.2) is 5.75 Å². The molecule has 1 N–H and O–H groups in total. The predicted octanol–water partition coefficient (Wildman–Crippen LogP) is 4.23. The summed E-state index contributed by atoms with van der Waals surface area (Å²) in [5.74, 6) is 2.25. The van der Waals surface area contributed by atoms with E-state index in [1.165, 1.54) is 12.8 Å². The molecular weight excluding hydrogens is 396 g/mol. The van der Waals surface area contributed by atoms with Crippen molar-refractivity contribution in [3.8, 4) is 11.5 Å². The van der Waals surface area contributed by atoms with Crippen LogP contribution in [0.15, 0.2) is 34.9 Å². The van der Waals surface area contributed by atoms with Gasteiger partial charge in [-0.15, -0.1) is 5.10 Å². The van der Waals surface area contributed by atoms with E-state index in [0.717, 1.165) is 40.8 Å².